The number of carbonyl (C=O) groups excluding carboxylic acids is 2. The number of rotatable bonds is 28. The van der Waals surface area contributed by atoms with E-state index in [0.717, 1.165) is 74.1 Å². The van der Waals surface area contributed by atoms with E-state index in [4.69, 9.17) is 35.9 Å². The number of nitrogen functional groups attached to an aromatic ring is 1. The van der Waals surface area contributed by atoms with Crippen molar-refractivity contribution in [1.29, 1.82) is 0 Å². The van der Waals surface area contributed by atoms with Gasteiger partial charge in [-0.25, -0.2) is 4.98 Å². The highest BCUT2D eigenvalue weighted by Crippen LogP contribution is 2.25. The van der Waals surface area contributed by atoms with Crippen LogP contribution in [0.1, 0.15) is 55.7 Å². The molecule has 0 spiro atoms. The molecule has 3 aromatic rings. The summed E-state index contributed by atoms with van der Waals surface area (Å²) in [5.41, 5.74) is 16.9. The van der Waals surface area contributed by atoms with Gasteiger partial charge in [-0.05, 0) is 36.1 Å². The van der Waals surface area contributed by atoms with Gasteiger partial charge < -0.3 is 56.0 Å². The number of benzene rings is 1. The van der Waals surface area contributed by atoms with Crippen LogP contribution in [0.25, 0.3) is 11.0 Å². The van der Waals surface area contributed by atoms with Crippen molar-refractivity contribution in [2.45, 2.75) is 70.3 Å². The summed E-state index contributed by atoms with van der Waals surface area (Å²) in [4.78, 5) is 60.4. The van der Waals surface area contributed by atoms with Gasteiger partial charge >= 0.3 is 11.9 Å². The second-order valence-electron chi connectivity index (χ2n) is 14.4. The lowest BCUT2D eigenvalue weighted by atomic mass is 10.0. The Balaban J connectivity index is 1.05. The molecule has 59 heavy (non-hydrogen) atoms. The minimum Gasteiger partial charge on any atom is -0.481 e. The van der Waals surface area contributed by atoms with Crippen LogP contribution in [0.15, 0.2) is 30.5 Å². The highest BCUT2D eigenvalue weighted by atomic mass is 32.2. The first-order valence-corrected chi connectivity index (χ1v) is 21.3. The molecular formula is C40H61N9O9S. The van der Waals surface area contributed by atoms with E-state index in [9.17, 15) is 19.2 Å². The van der Waals surface area contributed by atoms with Crippen molar-refractivity contribution in [2.75, 3.05) is 95.7 Å². The third-order valence-corrected chi connectivity index (χ3v) is 11.1. The van der Waals surface area contributed by atoms with Gasteiger partial charge in [0.25, 0.3) is 0 Å². The van der Waals surface area contributed by atoms with Gasteiger partial charge in [0.15, 0.2) is 5.82 Å². The monoisotopic (exact) mass is 843 g/mol. The Morgan fingerprint density at radius 3 is 2.31 bits per heavy atom. The van der Waals surface area contributed by atoms with Crippen LogP contribution in [0.5, 0.6) is 0 Å². The molecule has 19 heteroatoms. The number of hydrogen-bond acceptors (Lipinski definition) is 14. The Bertz CT molecular complexity index is 1810. The van der Waals surface area contributed by atoms with Crippen molar-refractivity contribution in [3.05, 3.63) is 47.2 Å². The molecule has 326 valence electrons. The zero-order valence-electron chi connectivity index (χ0n) is 34.2. The molecule has 1 unspecified atom stereocenters. The predicted octanol–water partition coefficient (Wildman–Crippen LogP) is 2.16. The van der Waals surface area contributed by atoms with Crippen LogP contribution in [-0.2, 0) is 46.5 Å². The maximum absolute atomic E-state index is 12.8. The number of nitrogens with zero attached hydrogens (tertiary/aromatic N) is 5. The molecule has 3 heterocycles. The SMILES string of the molecule is CCCCCNc1nc(N)nc2ccn(Cc3ccc(CN4CCN(C(=O)CCOCCOCCOCCNC(=O)C(CC(=O)O)SC[C@H](N)C(=O)O)CC4)cc3C)c12. The van der Waals surface area contributed by atoms with E-state index in [-0.39, 0.29) is 37.4 Å². The molecule has 1 aliphatic rings. The van der Waals surface area contributed by atoms with Crippen LogP contribution in [0.3, 0.4) is 0 Å². The zero-order valence-corrected chi connectivity index (χ0v) is 35.1. The van der Waals surface area contributed by atoms with Crippen LogP contribution in [-0.4, -0.2) is 154 Å². The number of fused-ring (bicyclic) bond motifs is 1. The smallest absolute Gasteiger partial charge is 0.321 e. The lowest BCUT2D eigenvalue weighted by Crippen LogP contribution is -2.48. The fraction of sp³-hybridized carbons (Fsp3) is 0.600. The Labute approximate surface area is 349 Å². The zero-order chi connectivity index (χ0) is 42.6. The first kappa shape index (κ1) is 47.2. The molecule has 0 radical (unpaired) electrons. The quantitative estimate of drug-likeness (QED) is 0.0573. The fourth-order valence-electron chi connectivity index (χ4n) is 6.49. The van der Waals surface area contributed by atoms with E-state index < -0.39 is 35.6 Å². The van der Waals surface area contributed by atoms with E-state index >= 15 is 0 Å². The third-order valence-electron chi connectivity index (χ3n) is 9.78. The summed E-state index contributed by atoms with van der Waals surface area (Å²) in [7, 11) is 0. The van der Waals surface area contributed by atoms with Crippen LogP contribution < -0.4 is 22.1 Å². The van der Waals surface area contributed by atoms with Crippen molar-refractivity contribution in [3.8, 4) is 0 Å². The van der Waals surface area contributed by atoms with Crippen molar-refractivity contribution in [3.63, 3.8) is 0 Å². The van der Waals surface area contributed by atoms with Crippen molar-refractivity contribution in [2.24, 2.45) is 5.73 Å². The first-order valence-electron chi connectivity index (χ1n) is 20.2. The maximum atomic E-state index is 12.8. The molecule has 0 saturated carbocycles. The summed E-state index contributed by atoms with van der Waals surface area (Å²) in [5, 5.41) is 23.1. The number of aromatic nitrogens is 3. The maximum Gasteiger partial charge on any atom is 0.321 e. The number of aryl methyl sites for hydroxylation is 1. The lowest BCUT2D eigenvalue weighted by Gasteiger charge is -2.35. The number of nitrogens with two attached hydrogens (primary N) is 2. The number of carboxylic acids is 2. The van der Waals surface area contributed by atoms with Crippen LogP contribution in [0.4, 0.5) is 11.8 Å². The molecule has 2 aromatic heterocycles. The molecule has 1 aliphatic heterocycles. The average Bonchev–Trinajstić information content (AvgIpc) is 3.61. The van der Waals surface area contributed by atoms with E-state index in [0.29, 0.717) is 52.5 Å². The molecule has 2 amide bonds. The van der Waals surface area contributed by atoms with Crippen molar-refractivity contribution >= 4 is 58.3 Å². The summed E-state index contributed by atoms with van der Waals surface area (Å²) < 4.78 is 18.7. The van der Waals surface area contributed by atoms with Crippen LogP contribution in [0, 0.1) is 6.92 Å². The Kier molecular flexibility index (Phi) is 20.1. The molecule has 8 N–H and O–H groups in total. The summed E-state index contributed by atoms with van der Waals surface area (Å²) >= 11 is 0.889. The number of ether oxygens (including phenoxy) is 3. The number of carboxylic acid groups (broad SMARTS) is 2. The van der Waals surface area contributed by atoms with Gasteiger partial charge in [0, 0.05) is 64.3 Å². The summed E-state index contributed by atoms with van der Waals surface area (Å²) in [6.07, 6.45) is 5.27. The van der Waals surface area contributed by atoms with Crippen LogP contribution >= 0.6 is 11.8 Å². The molecular weight excluding hydrogens is 783 g/mol. The largest absolute Gasteiger partial charge is 0.481 e. The van der Waals surface area contributed by atoms with Gasteiger partial charge in [-0.1, -0.05) is 38.0 Å². The minimum atomic E-state index is -1.22. The number of carbonyl (C=O) groups is 4. The highest BCUT2D eigenvalue weighted by Gasteiger charge is 2.25. The predicted molar refractivity (Wildman–Crippen MR) is 226 cm³/mol. The molecule has 1 saturated heterocycles. The van der Waals surface area contributed by atoms with Gasteiger partial charge in [0.2, 0.25) is 17.8 Å². The number of thioether (sulfide) groups is 1. The average molecular weight is 844 g/mol. The fourth-order valence-corrected chi connectivity index (χ4v) is 7.57. The van der Waals surface area contributed by atoms with E-state index in [1.165, 1.54) is 16.7 Å². The first-order chi connectivity index (χ1) is 28.4. The number of amides is 2. The summed E-state index contributed by atoms with van der Waals surface area (Å²) in [6, 6.07) is 7.43. The van der Waals surface area contributed by atoms with E-state index in [1.807, 2.05) is 17.2 Å². The number of piperazine rings is 1. The van der Waals surface area contributed by atoms with Gasteiger partial charge in [-0.15, -0.1) is 11.8 Å². The van der Waals surface area contributed by atoms with Crippen molar-refractivity contribution < 1.29 is 43.6 Å². The Hall–Kier alpha value is -4.53. The van der Waals surface area contributed by atoms with Crippen molar-refractivity contribution in [1.82, 2.24) is 29.7 Å². The topological polar surface area (TPSA) is 250 Å². The van der Waals surface area contributed by atoms with E-state index in [1.54, 1.807) is 0 Å². The molecule has 0 bridgehead atoms. The number of aliphatic carboxylic acids is 2. The normalized spacial score (nSPS) is 14.3. The van der Waals surface area contributed by atoms with Gasteiger partial charge in [0.1, 0.15) is 11.6 Å². The molecule has 2 atom stereocenters. The van der Waals surface area contributed by atoms with Crippen LogP contribution in [0.2, 0.25) is 0 Å². The number of anilines is 2. The number of hydrogen-bond donors (Lipinski definition) is 6. The van der Waals surface area contributed by atoms with Gasteiger partial charge in [0.05, 0.1) is 63.2 Å². The second-order valence-corrected chi connectivity index (χ2v) is 15.6. The van der Waals surface area contributed by atoms with E-state index in [2.05, 4.69) is 62.1 Å². The molecule has 18 nitrogen and oxygen atoms in total. The molecule has 0 aliphatic carbocycles. The third kappa shape index (κ3) is 16.2. The Morgan fingerprint density at radius 2 is 1.63 bits per heavy atom. The lowest BCUT2D eigenvalue weighted by molar-refractivity contribution is -0.138. The number of unbranched alkanes of at least 4 members (excludes halogenated alkanes) is 2. The molecule has 1 fully saturated rings. The number of nitrogens with one attached hydrogen (secondary N) is 2. The molecule has 1 aromatic carbocycles. The minimum absolute atomic E-state index is 0.0768. The Morgan fingerprint density at radius 1 is 0.915 bits per heavy atom. The molecule has 4 rings (SSSR count). The van der Waals surface area contributed by atoms with Gasteiger partial charge in [-0.3, -0.25) is 24.1 Å². The summed E-state index contributed by atoms with van der Waals surface area (Å²) in [6.45, 7) is 11.6. The highest BCUT2D eigenvalue weighted by molar-refractivity contribution is 8.00. The standard InChI is InChI=1S/C40H61N9O9S/c1-3-4-5-10-43-37-36-32(45-40(42)46-37)8-12-49(36)26-30-7-6-29(23-28(30)2)25-47-13-15-48(16-14-47)34(50)9-17-56-19-21-58-22-20-57-18-11-44-38(53)33(24-35(51)52)59-27-31(41)39(54)55/h6-8,12,23,31,33H,3-5,9-11,13-22,24-27,41H2,1-2H3,(H,44,53)(H,51,52)(H,54,55)(H3,42,43,45,46)/t31-,33?/m0/s1. The summed E-state index contributed by atoms with van der Waals surface area (Å²) in [5.74, 6) is -1.90. The second kappa shape index (κ2) is 25.2. The van der Waals surface area contributed by atoms with Gasteiger partial charge in [-0.2, -0.15) is 4.98 Å².